The van der Waals surface area contributed by atoms with E-state index in [2.05, 4.69) is 67.8 Å². The highest BCUT2D eigenvalue weighted by Crippen LogP contribution is 2.23. The molecular formula is C52H95NO10. The van der Waals surface area contributed by atoms with Crippen molar-refractivity contribution >= 4 is 5.91 Å². The molecule has 1 fully saturated rings. The predicted molar refractivity (Wildman–Crippen MR) is 256 cm³/mol. The lowest BCUT2D eigenvalue weighted by molar-refractivity contribution is -0.303. The van der Waals surface area contributed by atoms with Gasteiger partial charge in [-0.05, 0) is 83.5 Å². The fraction of sp³-hybridized carbons (Fsp3) is 0.827. The van der Waals surface area contributed by atoms with Gasteiger partial charge in [-0.1, -0.05) is 172 Å². The summed E-state index contributed by atoms with van der Waals surface area (Å²) in [5, 5.41) is 75.8. The molecule has 1 aliphatic heterocycles. The van der Waals surface area contributed by atoms with Crippen molar-refractivity contribution in [2.24, 2.45) is 0 Å². The van der Waals surface area contributed by atoms with E-state index in [0.29, 0.717) is 19.3 Å². The van der Waals surface area contributed by atoms with Gasteiger partial charge < -0.3 is 50.5 Å². The van der Waals surface area contributed by atoms with E-state index in [1.54, 1.807) is 0 Å². The number of ether oxygens (including phenoxy) is 2. The lowest BCUT2D eigenvalue weighted by Gasteiger charge is -2.40. The maximum atomic E-state index is 13.1. The largest absolute Gasteiger partial charge is 0.394 e. The molecule has 9 unspecified atom stereocenters. The zero-order valence-electron chi connectivity index (χ0n) is 39.8. The molecule has 0 aromatic carbocycles. The van der Waals surface area contributed by atoms with Crippen LogP contribution in [0.4, 0.5) is 0 Å². The van der Waals surface area contributed by atoms with Crippen molar-refractivity contribution in [1.29, 1.82) is 0 Å². The summed E-state index contributed by atoms with van der Waals surface area (Å²) in [6, 6.07) is -1.20. The number of unbranched alkanes of at least 4 members (excludes halogenated alkanes) is 22. The maximum Gasteiger partial charge on any atom is 0.249 e. The van der Waals surface area contributed by atoms with Crippen LogP contribution in [0, 0.1) is 0 Å². The minimum absolute atomic E-state index is 0.237. The Morgan fingerprint density at radius 1 is 0.556 bits per heavy atom. The van der Waals surface area contributed by atoms with Gasteiger partial charge in [0.05, 0.1) is 25.4 Å². The van der Waals surface area contributed by atoms with Gasteiger partial charge in [0, 0.05) is 0 Å². The smallest absolute Gasteiger partial charge is 0.249 e. The molecular weight excluding hydrogens is 799 g/mol. The first-order valence-corrected chi connectivity index (χ1v) is 25.5. The highest BCUT2D eigenvalue weighted by molar-refractivity contribution is 5.80. The van der Waals surface area contributed by atoms with Crippen LogP contribution in [-0.4, -0.2) is 110 Å². The number of aliphatic hydroxyl groups is 7. The molecule has 1 saturated heterocycles. The second-order valence-electron chi connectivity index (χ2n) is 17.9. The van der Waals surface area contributed by atoms with E-state index in [0.717, 1.165) is 64.2 Å². The van der Waals surface area contributed by atoms with E-state index in [-0.39, 0.29) is 12.8 Å². The van der Waals surface area contributed by atoms with Gasteiger partial charge in [-0.2, -0.15) is 0 Å². The van der Waals surface area contributed by atoms with Crippen LogP contribution in [0.5, 0.6) is 0 Å². The Bertz CT molecular complexity index is 1160. The van der Waals surface area contributed by atoms with Crippen molar-refractivity contribution in [2.75, 3.05) is 13.2 Å². The standard InChI is InChI=1S/C52H95NO10/c1-3-5-7-9-11-13-15-17-19-20-21-22-23-24-25-26-28-30-32-34-36-38-40-45(56)51(61)53-43(42-62-52-50(60)49(59)48(58)46(41-54)63-52)47(57)44(55)39-37-35-33-31-29-27-18-16-14-12-10-8-6-4-2/h16,18,21-22,24-25,31,33,43-50,52,54-60H,3-15,17,19-20,23,26-30,32,34-42H2,1-2H3,(H,53,61)/b18-16+,22-21-,25-24-,33-31+. The number of aliphatic hydroxyl groups excluding tert-OH is 7. The van der Waals surface area contributed by atoms with Crippen molar-refractivity contribution in [1.82, 2.24) is 5.32 Å². The molecule has 0 saturated carbocycles. The molecule has 0 aromatic heterocycles. The Morgan fingerprint density at radius 2 is 1.00 bits per heavy atom. The molecule has 0 bridgehead atoms. The molecule has 0 aliphatic carbocycles. The highest BCUT2D eigenvalue weighted by atomic mass is 16.7. The third kappa shape index (κ3) is 30.8. The number of nitrogens with one attached hydrogen (secondary N) is 1. The maximum absolute atomic E-state index is 13.1. The van der Waals surface area contributed by atoms with Crippen molar-refractivity contribution < 1.29 is 50.0 Å². The molecule has 1 amide bonds. The minimum atomic E-state index is -1.67. The Kier molecular flexibility index (Phi) is 38.9. The first-order chi connectivity index (χ1) is 30.7. The fourth-order valence-electron chi connectivity index (χ4n) is 7.84. The average Bonchev–Trinajstić information content (AvgIpc) is 3.28. The summed E-state index contributed by atoms with van der Waals surface area (Å²) in [6.45, 7) is 3.40. The molecule has 1 aliphatic rings. The van der Waals surface area contributed by atoms with Crippen LogP contribution in [-0.2, 0) is 14.3 Å². The fourth-order valence-corrected chi connectivity index (χ4v) is 7.84. The summed E-state index contributed by atoms with van der Waals surface area (Å²) in [5.41, 5.74) is 0. The van der Waals surface area contributed by atoms with Crippen LogP contribution in [0.25, 0.3) is 0 Å². The van der Waals surface area contributed by atoms with Crippen molar-refractivity contribution in [3.05, 3.63) is 48.6 Å². The minimum Gasteiger partial charge on any atom is -0.394 e. The summed E-state index contributed by atoms with van der Waals surface area (Å²) >= 11 is 0. The van der Waals surface area contributed by atoms with Crippen LogP contribution in [0.2, 0.25) is 0 Å². The number of hydrogen-bond acceptors (Lipinski definition) is 10. The first kappa shape index (κ1) is 59.1. The van der Waals surface area contributed by atoms with Gasteiger partial charge in [-0.3, -0.25) is 4.79 Å². The summed E-state index contributed by atoms with van der Waals surface area (Å²) in [4.78, 5) is 13.1. The lowest BCUT2D eigenvalue weighted by Crippen LogP contribution is -2.60. The van der Waals surface area contributed by atoms with Crippen molar-refractivity contribution in [3.8, 4) is 0 Å². The molecule has 0 spiro atoms. The Hall–Kier alpha value is -1.93. The molecule has 1 heterocycles. The van der Waals surface area contributed by atoms with E-state index in [4.69, 9.17) is 9.47 Å². The van der Waals surface area contributed by atoms with Gasteiger partial charge in [-0.15, -0.1) is 0 Å². The van der Waals surface area contributed by atoms with Crippen molar-refractivity contribution in [2.45, 2.75) is 262 Å². The summed E-state index contributed by atoms with van der Waals surface area (Å²) < 4.78 is 11.1. The topological polar surface area (TPSA) is 189 Å². The number of carbonyl (C=O) groups is 1. The van der Waals surface area contributed by atoms with Crippen LogP contribution in [0.3, 0.4) is 0 Å². The number of carbonyl (C=O) groups excluding carboxylic acids is 1. The summed E-state index contributed by atoms with van der Waals surface area (Å²) in [5.74, 6) is -0.720. The third-order valence-electron chi connectivity index (χ3n) is 12.1. The third-order valence-corrected chi connectivity index (χ3v) is 12.1. The lowest BCUT2D eigenvalue weighted by atomic mass is 9.98. The number of hydrogen-bond donors (Lipinski definition) is 8. The molecule has 368 valence electrons. The van der Waals surface area contributed by atoms with Gasteiger partial charge in [0.25, 0.3) is 0 Å². The molecule has 11 nitrogen and oxygen atoms in total. The van der Waals surface area contributed by atoms with E-state index >= 15 is 0 Å². The molecule has 9 atom stereocenters. The average molecular weight is 894 g/mol. The monoisotopic (exact) mass is 894 g/mol. The van der Waals surface area contributed by atoms with Crippen LogP contribution < -0.4 is 5.32 Å². The molecule has 8 N–H and O–H groups in total. The molecule has 0 aromatic rings. The van der Waals surface area contributed by atoms with E-state index in [1.165, 1.54) is 96.3 Å². The van der Waals surface area contributed by atoms with Crippen molar-refractivity contribution in [3.63, 3.8) is 0 Å². The Morgan fingerprint density at radius 3 is 1.51 bits per heavy atom. The quantitative estimate of drug-likeness (QED) is 0.0217. The first-order valence-electron chi connectivity index (χ1n) is 25.5. The van der Waals surface area contributed by atoms with Gasteiger partial charge in [0.1, 0.15) is 36.6 Å². The number of rotatable bonds is 42. The Balaban J connectivity index is 2.41. The molecule has 0 radical (unpaired) electrons. The van der Waals surface area contributed by atoms with Crippen LogP contribution in [0.1, 0.15) is 206 Å². The van der Waals surface area contributed by atoms with E-state index in [9.17, 15) is 40.5 Å². The molecule has 63 heavy (non-hydrogen) atoms. The number of allylic oxidation sites excluding steroid dienone is 8. The molecule has 11 heteroatoms. The summed E-state index contributed by atoms with van der Waals surface area (Å²) in [7, 11) is 0. The van der Waals surface area contributed by atoms with Crippen LogP contribution >= 0.6 is 0 Å². The van der Waals surface area contributed by atoms with E-state index < -0.39 is 74.2 Å². The SMILES string of the molecule is CCCCCCC/C=C/CC/C=C/CCCC(O)C(O)C(COC1OC(CO)C(O)C(O)C1O)NC(=O)C(O)CCCCCCCC/C=C\C/C=C\CCCCCCCCCCC. The van der Waals surface area contributed by atoms with Gasteiger partial charge in [0.15, 0.2) is 6.29 Å². The normalized spacial score (nSPS) is 21.6. The number of amides is 1. The highest BCUT2D eigenvalue weighted by Gasteiger charge is 2.44. The van der Waals surface area contributed by atoms with Gasteiger partial charge >= 0.3 is 0 Å². The second-order valence-corrected chi connectivity index (χ2v) is 17.9. The zero-order valence-corrected chi connectivity index (χ0v) is 39.8. The molecule has 1 rings (SSSR count). The van der Waals surface area contributed by atoms with E-state index in [1.807, 2.05) is 0 Å². The van der Waals surface area contributed by atoms with Gasteiger partial charge in [-0.25, -0.2) is 0 Å². The Labute approximate surface area is 383 Å². The van der Waals surface area contributed by atoms with Gasteiger partial charge in [0.2, 0.25) is 5.91 Å². The second kappa shape index (κ2) is 41.5. The van der Waals surface area contributed by atoms with Crippen LogP contribution in [0.15, 0.2) is 48.6 Å². The zero-order chi connectivity index (χ0) is 46.2. The summed E-state index contributed by atoms with van der Waals surface area (Å²) in [6.07, 6.45) is 38.7. The predicted octanol–water partition coefficient (Wildman–Crippen LogP) is 9.34.